The fourth-order valence-corrected chi connectivity index (χ4v) is 3.06. The summed E-state index contributed by atoms with van der Waals surface area (Å²) < 4.78 is 5.00. The van der Waals surface area contributed by atoms with Gasteiger partial charge in [-0.2, -0.15) is 0 Å². The van der Waals surface area contributed by atoms with Gasteiger partial charge in [0.25, 0.3) is 0 Å². The number of ether oxygens (including phenoxy) is 1. The summed E-state index contributed by atoms with van der Waals surface area (Å²) in [5.41, 5.74) is 2.40. The second-order valence-corrected chi connectivity index (χ2v) is 6.58. The number of phenolic OH excluding ortho intramolecular Hbond substituents is 1. The van der Waals surface area contributed by atoms with Gasteiger partial charge in [0.15, 0.2) is 17.5 Å². The van der Waals surface area contributed by atoms with Crippen molar-refractivity contribution in [1.29, 1.82) is 0 Å². The molecule has 4 aromatic rings. The molecule has 0 saturated heterocycles. The van der Waals surface area contributed by atoms with E-state index < -0.39 is 6.09 Å². The summed E-state index contributed by atoms with van der Waals surface area (Å²) in [5, 5.41) is 13.1. The topological polar surface area (TPSA) is 97.2 Å². The number of benzene rings is 3. The monoisotopic (exact) mass is 412 g/mol. The highest BCUT2D eigenvalue weighted by Gasteiger charge is 2.17. The Morgan fingerprint density at radius 2 is 1.39 bits per heavy atom. The van der Waals surface area contributed by atoms with Crippen molar-refractivity contribution in [1.82, 2.24) is 15.0 Å². The lowest BCUT2D eigenvalue weighted by Crippen LogP contribution is -2.14. The zero-order chi connectivity index (χ0) is 21.6. The average Bonchev–Trinajstić information content (AvgIpc) is 2.80. The summed E-state index contributed by atoms with van der Waals surface area (Å²) in [7, 11) is 0. The number of rotatable bonds is 5. The molecule has 2 N–H and O–H groups in total. The van der Waals surface area contributed by atoms with Crippen molar-refractivity contribution in [3.63, 3.8) is 0 Å². The molecule has 0 aliphatic rings. The second kappa shape index (κ2) is 9.04. The third kappa shape index (κ3) is 4.51. The van der Waals surface area contributed by atoms with E-state index in [1.54, 1.807) is 49.4 Å². The van der Waals surface area contributed by atoms with Crippen molar-refractivity contribution in [3.05, 3.63) is 78.9 Å². The molecular formula is C24H20N4O3. The minimum Gasteiger partial charge on any atom is -0.507 e. The number of amides is 1. The van der Waals surface area contributed by atoms with Gasteiger partial charge < -0.3 is 9.84 Å². The predicted molar refractivity (Wildman–Crippen MR) is 118 cm³/mol. The molecule has 0 saturated carbocycles. The van der Waals surface area contributed by atoms with Crippen LogP contribution in [0.25, 0.3) is 34.2 Å². The van der Waals surface area contributed by atoms with Gasteiger partial charge in [0.1, 0.15) is 5.75 Å². The quantitative estimate of drug-likeness (QED) is 0.471. The maximum Gasteiger partial charge on any atom is 0.411 e. The molecule has 0 atom stereocenters. The van der Waals surface area contributed by atoms with Gasteiger partial charge in [0.05, 0.1) is 17.9 Å². The van der Waals surface area contributed by atoms with Crippen molar-refractivity contribution in [2.24, 2.45) is 0 Å². The van der Waals surface area contributed by atoms with Gasteiger partial charge in [-0.3, -0.25) is 5.32 Å². The number of para-hydroxylation sites is 2. The van der Waals surface area contributed by atoms with Crippen LogP contribution in [0.2, 0.25) is 0 Å². The number of hydrogen-bond donors (Lipinski definition) is 2. The van der Waals surface area contributed by atoms with E-state index in [4.69, 9.17) is 4.74 Å². The van der Waals surface area contributed by atoms with E-state index in [0.717, 1.165) is 5.56 Å². The fraction of sp³-hybridized carbons (Fsp3) is 0.0833. The van der Waals surface area contributed by atoms with Gasteiger partial charge in [0.2, 0.25) is 0 Å². The van der Waals surface area contributed by atoms with Crippen molar-refractivity contribution >= 4 is 11.8 Å². The molecule has 3 aromatic carbocycles. The average molecular weight is 412 g/mol. The standard InChI is InChI=1S/C24H20N4O3/c1-2-31-24(30)25-19-14-8-6-12-17(19)22-26-21(16-10-4-3-5-11-16)27-23(28-22)18-13-7-9-15-20(18)29/h3-15,29H,2H2,1H3,(H,25,30). The molecule has 0 radical (unpaired) electrons. The number of nitrogens with one attached hydrogen (secondary N) is 1. The lowest BCUT2D eigenvalue weighted by Gasteiger charge is -2.12. The van der Waals surface area contributed by atoms with Crippen LogP contribution in [0.1, 0.15) is 6.92 Å². The Kier molecular flexibility index (Phi) is 5.84. The summed E-state index contributed by atoms with van der Waals surface area (Å²) in [6, 6.07) is 23.5. The molecule has 0 aliphatic heterocycles. The van der Waals surface area contributed by atoms with Gasteiger partial charge in [-0.25, -0.2) is 19.7 Å². The number of phenols is 1. The van der Waals surface area contributed by atoms with Gasteiger partial charge >= 0.3 is 6.09 Å². The highest BCUT2D eigenvalue weighted by Crippen LogP contribution is 2.31. The van der Waals surface area contributed by atoms with Crippen LogP contribution in [-0.4, -0.2) is 32.8 Å². The summed E-state index contributed by atoms with van der Waals surface area (Å²) in [6.45, 7) is 2.00. The molecule has 1 aromatic heterocycles. The lowest BCUT2D eigenvalue weighted by atomic mass is 10.1. The number of nitrogens with zero attached hydrogens (tertiary/aromatic N) is 3. The molecule has 7 heteroatoms. The van der Waals surface area contributed by atoms with Crippen molar-refractivity contribution < 1.29 is 14.6 Å². The number of aromatic nitrogens is 3. The normalized spacial score (nSPS) is 10.5. The highest BCUT2D eigenvalue weighted by molar-refractivity contribution is 5.90. The first-order chi connectivity index (χ1) is 15.2. The predicted octanol–water partition coefficient (Wildman–Crippen LogP) is 5.15. The number of carbonyl (C=O) groups is 1. The smallest absolute Gasteiger partial charge is 0.411 e. The van der Waals surface area contributed by atoms with Crippen LogP contribution in [0.5, 0.6) is 5.75 Å². The first-order valence-corrected chi connectivity index (χ1v) is 9.78. The fourth-order valence-electron chi connectivity index (χ4n) is 3.06. The second-order valence-electron chi connectivity index (χ2n) is 6.58. The molecule has 0 aliphatic carbocycles. The lowest BCUT2D eigenvalue weighted by molar-refractivity contribution is 0.168. The first kappa shape index (κ1) is 20.0. The third-order valence-electron chi connectivity index (χ3n) is 4.49. The molecule has 0 fully saturated rings. The molecule has 1 heterocycles. The van der Waals surface area contributed by atoms with E-state index in [1.807, 2.05) is 36.4 Å². The number of aromatic hydroxyl groups is 1. The Morgan fingerprint density at radius 3 is 2.10 bits per heavy atom. The van der Waals surface area contributed by atoms with Gasteiger partial charge in [0, 0.05) is 11.1 Å². The van der Waals surface area contributed by atoms with Crippen LogP contribution >= 0.6 is 0 Å². The van der Waals surface area contributed by atoms with E-state index >= 15 is 0 Å². The molecule has 1 amide bonds. The maximum absolute atomic E-state index is 12.0. The summed E-state index contributed by atoms with van der Waals surface area (Å²) in [6.07, 6.45) is -0.562. The van der Waals surface area contributed by atoms with Crippen LogP contribution in [0.3, 0.4) is 0 Å². The van der Waals surface area contributed by atoms with Crippen molar-refractivity contribution in [2.45, 2.75) is 6.92 Å². The Balaban J connectivity index is 1.88. The van der Waals surface area contributed by atoms with E-state index in [-0.39, 0.29) is 12.4 Å². The van der Waals surface area contributed by atoms with E-state index in [0.29, 0.717) is 34.3 Å². The minimum atomic E-state index is -0.562. The number of anilines is 1. The molecular weight excluding hydrogens is 392 g/mol. The van der Waals surface area contributed by atoms with E-state index in [1.165, 1.54) is 0 Å². The SMILES string of the molecule is CCOC(=O)Nc1ccccc1-c1nc(-c2ccccc2)nc(-c2ccccc2O)n1. The third-order valence-corrected chi connectivity index (χ3v) is 4.49. The van der Waals surface area contributed by atoms with Gasteiger partial charge in [-0.05, 0) is 31.2 Å². The molecule has 7 nitrogen and oxygen atoms in total. The zero-order valence-electron chi connectivity index (χ0n) is 16.8. The maximum atomic E-state index is 12.0. The van der Waals surface area contributed by atoms with Crippen molar-refractivity contribution in [3.8, 4) is 39.9 Å². The van der Waals surface area contributed by atoms with Crippen LogP contribution in [0.4, 0.5) is 10.5 Å². The van der Waals surface area contributed by atoms with Crippen LogP contribution < -0.4 is 5.32 Å². The first-order valence-electron chi connectivity index (χ1n) is 9.78. The largest absolute Gasteiger partial charge is 0.507 e. The minimum absolute atomic E-state index is 0.0663. The molecule has 0 unspecified atom stereocenters. The van der Waals surface area contributed by atoms with Gasteiger partial charge in [-0.15, -0.1) is 0 Å². The molecule has 31 heavy (non-hydrogen) atoms. The zero-order valence-corrected chi connectivity index (χ0v) is 16.8. The van der Waals surface area contributed by atoms with E-state index in [9.17, 15) is 9.90 Å². The van der Waals surface area contributed by atoms with Crippen LogP contribution in [0.15, 0.2) is 78.9 Å². The van der Waals surface area contributed by atoms with Crippen LogP contribution in [-0.2, 0) is 4.74 Å². The van der Waals surface area contributed by atoms with Gasteiger partial charge in [-0.1, -0.05) is 54.6 Å². The Hall–Kier alpha value is -4.26. The summed E-state index contributed by atoms with van der Waals surface area (Å²) in [4.78, 5) is 25.8. The molecule has 0 spiro atoms. The van der Waals surface area contributed by atoms with E-state index in [2.05, 4.69) is 20.3 Å². The Labute approximate surface area is 179 Å². The molecule has 0 bridgehead atoms. The summed E-state index contributed by atoms with van der Waals surface area (Å²) in [5.74, 6) is 1.21. The number of hydrogen-bond acceptors (Lipinski definition) is 6. The summed E-state index contributed by atoms with van der Waals surface area (Å²) >= 11 is 0. The Bertz CT molecular complexity index is 1210. The Morgan fingerprint density at radius 1 is 0.806 bits per heavy atom. The molecule has 4 rings (SSSR count). The highest BCUT2D eigenvalue weighted by atomic mass is 16.5. The molecule has 154 valence electrons. The number of carbonyl (C=O) groups excluding carboxylic acids is 1. The van der Waals surface area contributed by atoms with Crippen LogP contribution in [0, 0.1) is 0 Å². The van der Waals surface area contributed by atoms with Crippen molar-refractivity contribution in [2.75, 3.05) is 11.9 Å².